The van der Waals surface area contributed by atoms with Gasteiger partial charge in [0.25, 0.3) is 0 Å². The number of amides is 5. The van der Waals surface area contributed by atoms with E-state index in [1.54, 1.807) is 73.3 Å². The summed E-state index contributed by atoms with van der Waals surface area (Å²) in [4.78, 5) is 127. The molecule has 18 heterocycles. The van der Waals surface area contributed by atoms with E-state index >= 15 is 0 Å². The van der Waals surface area contributed by atoms with Gasteiger partial charge in [0.2, 0.25) is 59.6 Å². The van der Waals surface area contributed by atoms with Crippen LogP contribution in [-0.4, -0.2) is 254 Å². The third-order valence-corrected chi connectivity index (χ3v) is 29.9. The second-order valence-corrected chi connectivity index (χ2v) is 42.7. The van der Waals surface area contributed by atoms with Crippen molar-refractivity contribution in [3.8, 4) is 56.3 Å². The molecule has 138 heavy (non-hydrogen) atoms. The maximum Gasteiger partial charge on any atom is 0.246 e. The number of aromatic nitrogens is 18. The lowest BCUT2D eigenvalue weighted by Gasteiger charge is -2.31. The summed E-state index contributed by atoms with van der Waals surface area (Å²) in [7, 11) is -7.06. The fourth-order valence-electron chi connectivity index (χ4n) is 13.9. The molecule has 0 aliphatic carbocycles. The lowest BCUT2D eigenvalue weighted by Crippen LogP contribution is -2.46. The molecule has 53 heteroatoms. The van der Waals surface area contributed by atoms with Crippen LogP contribution >= 0.6 is 91.5 Å². The van der Waals surface area contributed by atoms with Crippen molar-refractivity contribution in [1.82, 2.24) is 105 Å². The number of aliphatic hydroxyl groups is 2. The summed E-state index contributed by atoms with van der Waals surface area (Å²) in [5.74, 6) is -2.16. The number of likely N-dealkylation sites (N-methyl/N-ethyl adjacent to an activating group) is 1. The van der Waals surface area contributed by atoms with E-state index in [1.807, 2.05) is 67.5 Å². The molecule has 0 radical (unpaired) electrons. The summed E-state index contributed by atoms with van der Waals surface area (Å²) in [6.45, 7) is 11.0. The second-order valence-electron chi connectivity index (χ2n) is 31.5. The highest BCUT2D eigenvalue weighted by molar-refractivity contribution is 7.93. The first-order chi connectivity index (χ1) is 66.0. The molecule has 5 amide bonds. The smallest absolute Gasteiger partial charge is 0.246 e. The number of hydrogen-bond acceptors (Lipinski definition) is 37. The van der Waals surface area contributed by atoms with Gasteiger partial charge in [-0.25, -0.2) is 95.0 Å². The van der Waals surface area contributed by atoms with E-state index in [-0.39, 0.29) is 79.6 Å². The zero-order chi connectivity index (χ0) is 97.9. The van der Waals surface area contributed by atoms with Gasteiger partial charge < -0.3 is 46.6 Å². The number of likely N-dealkylation sites (tertiary alicyclic amines) is 1. The fraction of sp³-hybridized carbons (Fsp3) is 0.259. The Kier molecular flexibility index (Phi) is 31.7. The van der Waals surface area contributed by atoms with E-state index in [1.165, 1.54) is 110 Å². The van der Waals surface area contributed by atoms with Gasteiger partial charge in [0.1, 0.15) is 57.6 Å². The number of nitrogens with one attached hydrogen (secondary N) is 10. The minimum atomic E-state index is -3.89. The third kappa shape index (κ3) is 26.4. The molecule has 0 bridgehead atoms. The molecule has 12 N–H and O–H groups in total. The number of rotatable bonds is 24. The Bertz CT molecular complexity index is 7610. The zero-order valence-electron chi connectivity index (χ0n) is 73.9. The van der Waals surface area contributed by atoms with Crippen molar-refractivity contribution < 1.29 is 59.4 Å². The number of piperidine rings is 1. The maximum absolute atomic E-state index is 12.7. The van der Waals surface area contributed by atoms with Crippen molar-refractivity contribution in [3.63, 3.8) is 0 Å². The molecular weight excluding hydrogens is 2000 g/mol. The molecule has 0 atom stereocenters. The number of nitrogens with zero attached hydrogens (tertiary/aromatic N) is 19. The first-order valence-electron chi connectivity index (χ1n) is 41.7. The zero-order valence-corrected chi connectivity index (χ0v) is 82.7. The minimum absolute atomic E-state index is 0.0499. The molecule has 2 saturated heterocycles. The quantitative estimate of drug-likeness (QED) is 0.0250. The number of hydrogen-bond donors (Lipinski definition) is 12. The van der Waals surface area contributed by atoms with Crippen molar-refractivity contribution in [2.75, 3.05) is 125 Å². The van der Waals surface area contributed by atoms with Crippen LogP contribution in [-0.2, 0) is 54.0 Å². The lowest BCUT2D eigenvalue weighted by atomic mass is 10.00. The van der Waals surface area contributed by atoms with Gasteiger partial charge >= 0.3 is 0 Å². The standard InChI is InChI=1S/C20H23ClN6O3S2.C19H22ClN7O3S2.C17H18ClN5O5S2.C15H11N5OS.C14H10N6OS/c1-12(28)23-20-25-16-4-3-15(24-19(16)31-20)14-9-17(18(21)22-10-14)26-32(29,30)11-13-5-7-27(2)8-6-13;1-12(28)22-19-24-15-4-3-14(23-18(15)31-19)13-9-16(17(20)21-10-13)25-32(29,30)11-27-7-5-26(2)6-8-27;1-9(26)20-17-22-13-3-2-12(21-16(13)29-17)11-4-14(15(18)19-5-11)23-30(27,28)8-10(6-24)7-25;1-8(21)17-15-19-13-6-5-11(18-14(13)22-15)9-3-2-4-12-10(9)7-16-20-12;1-7(21)17-14-19-11-3-2-10(18-13(11)22-14)8-4-9-6-16-20-12(9)15-5-8/h3-4,9-10,13,26H,5-8,11H2,1-2H3,(H,23,25,28);3-4,9-10,25H,5-8,11H2,1-2H3,(H,22,24,28);2-5,10,23-25H,6-8H2,1H3,(H,20,22,26);2-7H,1H3,(H,16,20)(H,17,19,21);2-6H,1H3,(H,15,16,20)(H,17,19,21). The van der Waals surface area contributed by atoms with Gasteiger partial charge in [-0.2, -0.15) is 10.2 Å². The molecule has 0 spiro atoms. The van der Waals surface area contributed by atoms with Crippen molar-refractivity contribution in [3.05, 3.63) is 156 Å². The Hall–Kier alpha value is -12.8. The van der Waals surface area contributed by atoms with Gasteiger partial charge in [0.05, 0.1) is 74.9 Å². The molecule has 16 aromatic heterocycles. The van der Waals surface area contributed by atoms with Crippen LogP contribution in [0, 0.1) is 11.8 Å². The second kappa shape index (κ2) is 43.9. The molecule has 42 nitrogen and oxygen atoms in total. The van der Waals surface area contributed by atoms with Crippen LogP contribution < -0.4 is 40.8 Å². The number of aliphatic hydroxyl groups excluding tert-OH is 2. The van der Waals surface area contributed by atoms with Crippen molar-refractivity contribution in [2.24, 2.45) is 11.8 Å². The number of pyridine rings is 9. The van der Waals surface area contributed by atoms with Crippen LogP contribution in [0.15, 0.2) is 140 Å². The summed E-state index contributed by atoms with van der Waals surface area (Å²) in [5.41, 5.74) is 12.6. The SMILES string of the molecule is CC(=O)Nc1nc2ccc(-c3cccc4[nH]ncc34)nc2s1.CC(=O)Nc1nc2ccc(-c3cnc(Cl)c(NS(=O)(=O)CC(CO)CO)c3)nc2s1.CC(=O)Nc1nc2ccc(-c3cnc(Cl)c(NS(=O)(=O)CC4CCN(C)CC4)c3)nc2s1.CC(=O)Nc1nc2ccc(-c3cnc(Cl)c(NS(=O)(=O)CN4CCN(C)CC4)c3)nc2s1.CC(=O)Nc1nc2ccc(-c3cnc4[nH]ncc4c3)nc2s1. The Balaban J connectivity index is 0.000000132. The van der Waals surface area contributed by atoms with E-state index in [9.17, 15) is 49.2 Å². The Morgan fingerprint density at radius 3 is 1.17 bits per heavy atom. The highest BCUT2D eigenvalue weighted by Crippen LogP contribution is 2.38. The summed E-state index contributed by atoms with van der Waals surface area (Å²) < 4.78 is 83.0. The van der Waals surface area contributed by atoms with Crippen molar-refractivity contribution in [2.45, 2.75) is 47.5 Å². The molecule has 19 rings (SSSR count). The van der Waals surface area contributed by atoms with Crippen LogP contribution in [0.1, 0.15) is 47.5 Å². The molecular formula is C85H84Cl3N29O13S8. The highest BCUT2D eigenvalue weighted by atomic mass is 35.5. The number of halogens is 3. The number of anilines is 8. The average molecular weight is 2080 g/mol. The predicted octanol–water partition coefficient (Wildman–Crippen LogP) is 13.2. The molecule has 0 saturated carbocycles. The molecule has 1 aromatic carbocycles. The average Bonchev–Trinajstić information content (AvgIpc) is 1.64. The van der Waals surface area contributed by atoms with E-state index in [0.29, 0.717) is 104 Å². The van der Waals surface area contributed by atoms with Gasteiger partial charge in [-0.3, -0.25) is 53.2 Å². The topological polar surface area (TPSA) is 572 Å². The number of thiazole rings is 5. The number of benzene rings is 1. The Morgan fingerprint density at radius 1 is 0.420 bits per heavy atom. The van der Waals surface area contributed by atoms with E-state index in [0.717, 1.165) is 104 Å². The highest BCUT2D eigenvalue weighted by Gasteiger charge is 2.28. The summed E-state index contributed by atoms with van der Waals surface area (Å²) in [6, 6.07) is 30.8. The fourth-order valence-corrected chi connectivity index (χ4v) is 23.2. The molecule has 0 unspecified atom stereocenters. The van der Waals surface area contributed by atoms with E-state index in [4.69, 9.17) is 45.0 Å². The third-order valence-electron chi connectivity index (χ3n) is 20.5. The predicted molar refractivity (Wildman–Crippen MR) is 540 cm³/mol. The number of piperazine rings is 1. The monoisotopic (exact) mass is 2080 g/mol. The maximum atomic E-state index is 12.7. The molecule has 2 fully saturated rings. The van der Waals surface area contributed by atoms with Gasteiger partial charge in [-0.15, -0.1) is 0 Å². The lowest BCUT2D eigenvalue weighted by molar-refractivity contribution is -0.115. The molecule has 17 aromatic rings. The minimum Gasteiger partial charge on any atom is -0.396 e. The van der Waals surface area contributed by atoms with E-state index in [2.05, 4.69) is 141 Å². The number of sulfonamides is 3. The molecule has 716 valence electrons. The molecule has 2 aliphatic rings. The number of fused-ring (bicyclic) bond motifs is 7. The number of H-pyrrole nitrogens is 2. The molecule has 2 aliphatic heterocycles. The Labute approximate surface area is 821 Å². The van der Waals surface area contributed by atoms with Crippen molar-refractivity contribution >= 4 is 267 Å². The first-order valence-corrected chi connectivity index (χ1v) is 51.9. The first kappa shape index (κ1) is 99.7. The normalized spacial score (nSPS) is 13.4. The van der Waals surface area contributed by atoms with Crippen LogP contribution in [0.4, 0.5) is 42.7 Å². The van der Waals surface area contributed by atoms with Gasteiger partial charge in [0, 0.05) is 143 Å². The van der Waals surface area contributed by atoms with Crippen LogP contribution in [0.5, 0.6) is 0 Å². The number of carbonyl (C=O) groups is 5. The van der Waals surface area contributed by atoms with Crippen LogP contribution in [0.25, 0.3) is 130 Å². The number of carbonyl (C=O) groups excluding carboxylic acids is 5. The van der Waals surface area contributed by atoms with Gasteiger partial charge in [0.15, 0.2) is 46.8 Å². The summed E-state index contributed by atoms with van der Waals surface area (Å²) in [5, 5.41) is 49.8. The largest absolute Gasteiger partial charge is 0.396 e. The van der Waals surface area contributed by atoms with Gasteiger partial charge in [-0.1, -0.05) is 104 Å². The Morgan fingerprint density at radius 2 is 0.775 bits per heavy atom. The van der Waals surface area contributed by atoms with Crippen molar-refractivity contribution in [1.29, 1.82) is 0 Å². The van der Waals surface area contributed by atoms with Gasteiger partial charge in [-0.05, 0) is 137 Å². The van der Waals surface area contributed by atoms with Crippen LogP contribution in [0.3, 0.4) is 0 Å². The van der Waals surface area contributed by atoms with Crippen LogP contribution in [0.2, 0.25) is 15.5 Å². The number of aromatic amines is 2. The van der Waals surface area contributed by atoms with E-state index < -0.39 is 55.0 Å². The summed E-state index contributed by atoms with van der Waals surface area (Å²) in [6.07, 6.45) is 11.5. The summed E-state index contributed by atoms with van der Waals surface area (Å²) >= 11 is 24.8.